The van der Waals surface area contributed by atoms with Gasteiger partial charge in [0.05, 0.1) is 5.56 Å². The van der Waals surface area contributed by atoms with Crippen LogP contribution in [0.4, 0.5) is 0 Å². The van der Waals surface area contributed by atoms with Crippen molar-refractivity contribution in [3.63, 3.8) is 0 Å². The average molecular weight is 368 g/mol. The molecule has 2 aromatic carbocycles. The highest BCUT2D eigenvalue weighted by Crippen LogP contribution is 2.07. The third-order valence-corrected chi connectivity index (χ3v) is 4.18. The van der Waals surface area contributed by atoms with Crippen LogP contribution in [0.25, 0.3) is 0 Å². The van der Waals surface area contributed by atoms with Gasteiger partial charge in [0.25, 0.3) is 0 Å². The van der Waals surface area contributed by atoms with Crippen molar-refractivity contribution < 1.29 is 19.5 Å². The topological polar surface area (TPSA) is 86.7 Å². The molecular weight excluding hydrogens is 344 g/mol. The summed E-state index contributed by atoms with van der Waals surface area (Å²) in [7, 11) is 0. The highest BCUT2D eigenvalue weighted by atomic mass is 16.4. The largest absolute Gasteiger partial charge is 0.478 e. The molecule has 0 saturated carbocycles. The van der Waals surface area contributed by atoms with Crippen LogP contribution in [0.2, 0.25) is 0 Å². The fourth-order valence-electron chi connectivity index (χ4n) is 2.68. The molecule has 0 aliphatic carbocycles. The standard InChI is InChI=1S/C21H24N2O4/c1-16(24)23(15-18-6-3-2-4-7-18)13-11-20(25)22-12-10-17-8-5-9-19(14-17)21(26)27/h2-9,14H,10-13,15H2,1H3,(H,22,25)(H,26,27). The van der Waals surface area contributed by atoms with E-state index in [-0.39, 0.29) is 23.8 Å². The molecule has 6 nitrogen and oxygen atoms in total. The highest BCUT2D eigenvalue weighted by molar-refractivity contribution is 5.87. The normalized spacial score (nSPS) is 10.3. The molecule has 0 saturated heterocycles. The average Bonchev–Trinajstić information content (AvgIpc) is 2.66. The Labute approximate surface area is 158 Å². The number of nitrogens with zero attached hydrogens (tertiary/aromatic N) is 1. The lowest BCUT2D eigenvalue weighted by Gasteiger charge is -2.21. The van der Waals surface area contributed by atoms with E-state index >= 15 is 0 Å². The van der Waals surface area contributed by atoms with Gasteiger partial charge in [-0.2, -0.15) is 0 Å². The summed E-state index contributed by atoms with van der Waals surface area (Å²) in [6, 6.07) is 16.3. The Morgan fingerprint density at radius 1 is 1.00 bits per heavy atom. The van der Waals surface area contributed by atoms with E-state index in [0.717, 1.165) is 11.1 Å². The van der Waals surface area contributed by atoms with Crippen molar-refractivity contribution in [2.24, 2.45) is 0 Å². The first-order valence-electron chi connectivity index (χ1n) is 8.84. The van der Waals surface area contributed by atoms with Crippen molar-refractivity contribution in [3.05, 3.63) is 71.3 Å². The van der Waals surface area contributed by atoms with E-state index in [0.29, 0.717) is 26.1 Å². The SMILES string of the molecule is CC(=O)N(CCC(=O)NCCc1cccc(C(=O)O)c1)Cc1ccccc1. The molecule has 0 fully saturated rings. The zero-order valence-corrected chi connectivity index (χ0v) is 15.4. The van der Waals surface area contributed by atoms with E-state index in [1.807, 2.05) is 36.4 Å². The van der Waals surface area contributed by atoms with Gasteiger partial charge in [-0.15, -0.1) is 0 Å². The van der Waals surface area contributed by atoms with E-state index < -0.39 is 5.97 Å². The smallest absolute Gasteiger partial charge is 0.335 e. The molecule has 27 heavy (non-hydrogen) atoms. The summed E-state index contributed by atoms with van der Waals surface area (Å²) in [5, 5.41) is 11.8. The van der Waals surface area contributed by atoms with Crippen molar-refractivity contribution in [1.29, 1.82) is 0 Å². The summed E-state index contributed by atoms with van der Waals surface area (Å²) in [5.41, 5.74) is 2.10. The molecule has 0 atom stereocenters. The van der Waals surface area contributed by atoms with Crippen LogP contribution in [-0.4, -0.2) is 40.9 Å². The van der Waals surface area contributed by atoms with Gasteiger partial charge in [0.2, 0.25) is 11.8 Å². The second-order valence-corrected chi connectivity index (χ2v) is 6.28. The zero-order chi connectivity index (χ0) is 19.6. The predicted molar refractivity (Wildman–Crippen MR) is 102 cm³/mol. The molecule has 142 valence electrons. The quantitative estimate of drug-likeness (QED) is 0.712. The van der Waals surface area contributed by atoms with E-state index in [1.54, 1.807) is 17.0 Å². The minimum Gasteiger partial charge on any atom is -0.478 e. The van der Waals surface area contributed by atoms with Gasteiger partial charge in [-0.05, 0) is 29.7 Å². The van der Waals surface area contributed by atoms with E-state index in [1.165, 1.54) is 13.0 Å². The van der Waals surface area contributed by atoms with Crippen LogP contribution in [-0.2, 0) is 22.6 Å². The molecule has 0 heterocycles. The second-order valence-electron chi connectivity index (χ2n) is 6.28. The van der Waals surface area contributed by atoms with E-state index in [4.69, 9.17) is 5.11 Å². The van der Waals surface area contributed by atoms with Crippen molar-refractivity contribution in [2.75, 3.05) is 13.1 Å². The lowest BCUT2D eigenvalue weighted by atomic mass is 10.1. The molecule has 0 aromatic heterocycles. The third-order valence-electron chi connectivity index (χ3n) is 4.18. The molecule has 0 unspecified atom stereocenters. The van der Waals surface area contributed by atoms with Crippen molar-refractivity contribution in [3.8, 4) is 0 Å². The molecule has 2 amide bonds. The Balaban J connectivity index is 1.76. The molecule has 2 rings (SSSR count). The van der Waals surface area contributed by atoms with Crippen LogP contribution in [0.5, 0.6) is 0 Å². The number of hydrogen-bond donors (Lipinski definition) is 2. The molecule has 0 bridgehead atoms. The Hall–Kier alpha value is -3.15. The summed E-state index contributed by atoms with van der Waals surface area (Å²) in [6.07, 6.45) is 0.773. The monoisotopic (exact) mass is 368 g/mol. The molecule has 2 aromatic rings. The highest BCUT2D eigenvalue weighted by Gasteiger charge is 2.12. The Morgan fingerprint density at radius 2 is 1.70 bits per heavy atom. The minimum atomic E-state index is -0.969. The first-order chi connectivity index (χ1) is 13.0. The summed E-state index contributed by atoms with van der Waals surface area (Å²) in [6.45, 7) is 2.74. The number of carbonyl (C=O) groups is 3. The minimum absolute atomic E-state index is 0.0721. The number of amides is 2. The van der Waals surface area contributed by atoms with Gasteiger partial charge in [0.15, 0.2) is 0 Å². The van der Waals surface area contributed by atoms with Gasteiger partial charge >= 0.3 is 5.97 Å². The Bertz CT molecular complexity index is 790. The maximum Gasteiger partial charge on any atom is 0.335 e. The summed E-state index contributed by atoms with van der Waals surface area (Å²) < 4.78 is 0. The summed E-state index contributed by atoms with van der Waals surface area (Å²) in [5.74, 6) is -1.18. The molecule has 0 aliphatic rings. The lowest BCUT2D eigenvalue weighted by molar-refractivity contribution is -0.130. The number of hydrogen-bond acceptors (Lipinski definition) is 3. The number of carboxylic acids is 1. The van der Waals surface area contributed by atoms with Crippen LogP contribution in [0.1, 0.15) is 34.8 Å². The van der Waals surface area contributed by atoms with Crippen molar-refractivity contribution in [1.82, 2.24) is 10.2 Å². The van der Waals surface area contributed by atoms with Gasteiger partial charge in [-0.25, -0.2) is 4.79 Å². The maximum absolute atomic E-state index is 12.0. The van der Waals surface area contributed by atoms with Crippen LogP contribution < -0.4 is 5.32 Å². The van der Waals surface area contributed by atoms with E-state index in [2.05, 4.69) is 5.32 Å². The summed E-state index contributed by atoms with van der Waals surface area (Å²) in [4.78, 5) is 36.5. The van der Waals surface area contributed by atoms with Crippen molar-refractivity contribution >= 4 is 17.8 Å². The maximum atomic E-state index is 12.0. The van der Waals surface area contributed by atoms with Crippen molar-refractivity contribution in [2.45, 2.75) is 26.3 Å². The third kappa shape index (κ3) is 6.93. The number of carboxylic acid groups (broad SMARTS) is 1. The number of nitrogens with one attached hydrogen (secondary N) is 1. The lowest BCUT2D eigenvalue weighted by Crippen LogP contribution is -2.34. The van der Waals surface area contributed by atoms with Gasteiger partial charge in [-0.1, -0.05) is 42.5 Å². The van der Waals surface area contributed by atoms with Crippen LogP contribution >= 0.6 is 0 Å². The Kier molecular flexibility index (Phi) is 7.55. The summed E-state index contributed by atoms with van der Waals surface area (Å²) >= 11 is 0. The number of aromatic carboxylic acids is 1. The first kappa shape index (κ1) is 20.2. The fraction of sp³-hybridized carbons (Fsp3) is 0.286. The predicted octanol–water partition coefficient (Wildman–Crippen LogP) is 2.48. The van der Waals surface area contributed by atoms with E-state index in [9.17, 15) is 14.4 Å². The molecule has 0 aliphatic heterocycles. The number of rotatable bonds is 9. The molecule has 0 radical (unpaired) electrons. The Morgan fingerprint density at radius 3 is 2.37 bits per heavy atom. The zero-order valence-electron chi connectivity index (χ0n) is 15.4. The van der Waals surface area contributed by atoms with Gasteiger partial charge in [0.1, 0.15) is 0 Å². The van der Waals surface area contributed by atoms with Crippen LogP contribution in [0.15, 0.2) is 54.6 Å². The van der Waals surface area contributed by atoms with Gasteiger partial charge in [-0.3, -0.25) is 9.59 Å². The second kappa shape index (κ2) is 10.1. The molecule has 6 heteroatoms. The molecular formula is C21H24N2O4. The number of benzene rings is 2. The molecule has 0 spiro atoms. The molecule has 2 N–H and O–H groups in total. The fourth-order valence-corrected chi connectivity index (χ4v) is 2.68. The first-order valence-corrected chi connectivity index (χ1v) is 8.84. The van der Waals surface area contributed by atoms with Crippen LogP contribution in [0.3, 0.4) is 0 Å². The van der Waals surface area contributed by atoms with Crippen LogP contribution in [0, 0.1) is 0 Å². The number of carbonyl (C=O) groups excluding carboxylic acids is 2. The van der Waals surface area contributed by atoms with Gasteiger partial charge < -0.3 is 15.3 Å². The van der Waals surface area contributed by atoms with Gasteiger partial charge in [0, 0.05) is 33.0 Å².